The van der Waals surface area contributed by atoms with Crippen molar-refractivity contribution in [1.29, 1.82) is 0 Å². The molecule has 1 fully saturated rings. The number of carbonyl (C=O) groups is 3. The lowest BCUT2D eigenvalue weighted by atomic mass is 10.0. The van der Waals surface area contributed by atoms with Crippen LogP contribution in [-0.4, -0.2) is 51.7 Å². The third-order valence-corrected chi connectivity index (χ3v) is 3.31. The lowest BCUT2D eigenvalue weighted by Gasteiger charge is -2.34. The zero-order valence-electron chi connectivity index (χ0n) is 11.0. The van der Waals surface area contributed by atoms with Crippen molar-refractivity contribution in [1.82, 2.24) is 10.2 Å². The summed E-state index contributed by atoms with van der Waals surface area (Å²) in [6.07, 6.45) is 2.47. The molecule has 0 aromatic heterocycles. The molecule has 2 unspecified atom stereocenters. The molecule has 0 bridgehead atoms. The van der Waals surface area contributed by atoms with Crippen LogP contribution in [0.15, 0.2) is 0 Å². The molecule has 1 rings (SSSR count). The van der Waals surface area contributed by atoms with Gasteiger partial charge < -0.3 is 20.4 Å². The van der Waals surface area contributed by atoms with Crippen molar-refractivity contribution < 1.29 is 24.6 Å². The summed E-state index contributed by atoms with van der Waals surface area (Å²) in [4.78, 5) is 35.0. The van der Waals surface area contributed by atoms with Crippen LogP contribution in [0, 0.1) is 0 Å². The van der Waals surface area contributed by atoms with Crippen molar-refractivity contribution in [3.63, 3.8) is 0 Å². The van der Waals surface area contributed by atoms with Gasteiger partial charge in [-0.1, -0.05) is 0 Å². The number of urea groups is 1. The Balaban J connectivity index is 2.55. The van der Waals surface area contributed by atoms with Gasteiger partial charge in [0.2, 0.25) is 0 Å². The zero-order chi connectivity index (χ0) is 14.4. The first-order valence-electron chi connectivity index (χ1n) is 6.43. The van der Waals surface area contributed by atoms with Crippen LogP contribution in [0.25, 0.3) is 0 Å². The number of piperidine rings is 1. The maximum absolute atomic E-state index is 12.0. The summed E-state index contributed by atoms with van der Waals surface area (Å²) < 4.78 is 0. The molecule has 7 nitrogen and oxygen atoms in total. The molecule has 0 radical (unpaired) electrons. The number of amides is 2. The number of carboxylic acid groups (broad SMARTS) is 2. The van der Waals surface area contributed by atoms with Crippen LogP contribution in [0.2, 0.25) is 0 Å². The molecule has 7 heteroatoms. The first kappa shape index (κ1) is 15.3. The average Bonchev–Trinajstić information content (AvgIpc) is 2.34. The molecule has 108 valence electrons. The molecule has 1 heterocycles. The molecular weight excluding hydrogens is 252 g/mol. The van der Waals surface area contributed by atoms with E-state index in [1.54, 1.807) is 4.90 Å². The fourth-order valence-electron chi connectivity index (χ4n) is 2.16. The van der Waals surface area contributed by atoms with E-state index < -0.39 is 24.0 Å². The summed E-state index contributed by atoms with van der Waals surface area (Å²) in [5.41, 5.74) is 0. The SMILES string of the molecule is CC1CCCCN1C(=O)NC(CCC(=O)O)C(=O)O. The smallest absolute Gasteiger partial charge is 0.326 e. The Morgan fingerprint density at radius 1 is 1.32 bits per heavy atom. The van der Waals surface area contributed by atoms with E-state index >= 15 is 0 Å². The Kier molecular flexibility index (Phi) is 5.59. The highest BCUT2D eigenvalue weighted by atomic mass is 16.4. The Morgan fingerprint density at radius 3 is 2.53 bits per heavy atom. The van der Waals surface area contributed by atoms with Gasteiger partial charge in [0.1, 0.15) is 6.04 Å². The largest absolute Gasteiger partial charge is 0.481 e. The molecule has 0 aromatic carbocycles. The van der Waals surface area contributed by atoms with Gasteiger partial charge in [-0.3, -0.25) is 4.79 Å². The first-order valence-corrected chi connectivity index (χ1v) is 6.43. The van der Waals surface area contributed by atoms with E-state index in [9.17, 15) is 14.4 Å². The van der Waals surface area contributed by atoms with Crippen LogP contribution in [-0.2, 0) is 9.59 Å². The zero-order valence-corrected chi connectivity index (χ0v) is 11.0. The fourth-order valence-corrected chi connectivity index (χ4v) is 2.16. The van der Waals surface area contributed by atoms with Crippen LogP contribution >= 0.6 is 0 Å². The number of rotatable bonds is 5. The average molecular weight is 272 g/mol. The Hall–Kier alpha value is -1.79. The van der Waals surface area contributed by atoms with Crippen LogP contribution < -0.4 is 5.32 Å². The van der Waals surface area contributed by atoms with E-state index in [0.717, 1.165) is 19.3 Å². The Labute approximate surface area is 111 Å². The highest BCUT2D eigenvalue weighted by Crippen LogP contribution is 2.16. The Bertz CT molecular complexity index is 358. The molecular formula is C12H20N2O5. The van der Waals surface area contributed by atoms with Gasteiger partial charge in [0.25, 0.3) is 0 Å². The summed E-state index contributed by atoms with van der Waals surface area (Å²) in [7, 11) is 0. The molecule has 1 saturated heterocycles. The van der Waals surface area contributed by atoms with Gasteiger partial charge in [0.05, 0.1) is 0 Å². The van der Waals surface area contributed by atoms with Crippen molar-refractivity contribution in [3.05, 3.63) is 0 Å². The van der Waals surface area contributed by atoms with E-state index in [4.69, 9.17) is 10.2 Å². The first-order chi connectivity index (χ1) is 8.91. The minimum absolute atomic E-state index is 0.0858. The van der Waals surface area contributed by atoms with Gasteiger partial charge in [0.15, 0.2) is 0 Å². The predicted molar refractivity (Wildman–Crippen MR) is 66.8 cm³/mol. The summed E-state index contributed by atoms with van der Waals surface area (Å²) in [5, 5.41) is 19.9. The number of hydrogen-bond acceptors (Lipinski definition) is 3. The number of carbonyl (C=O) groups excluding carboxylic acids is 1. The molecule has 1 aliphatic rings. The highest BCUT2D eigenvalue weighted by molar-refractivity contribution is 5.83. The second-order valence-corrected chi connectivity index (χ2v) is 4.81. The third kappa shape index (κ3) is 4.76. The quantitative estimate of drug-likeness (QED) is 0.689. The van der Waals surface area contributed by atoms with E-state index in [2.05, 4.69) is 5.32 Å². The molecule has 0 saturated carbocycles. The fraction of sp³-hybridized carbons (Fsp3) is 0.750. The minimum atomic E-state index is -1.21. The lowest BCUT2D eigenvalue weighted by Crippen LogP contribution is -2.52. The summed E-state index contributed by atoms with van der Waals surface area (Å²) in [5.74, 6) is -2.29. The number of nitrogens with one attached hydrogen (secondary N) is 1. The third-order valence-electron chi connectivity index (χ3n) is 3.31. The van der Waals surface area contributed by atoms with Gasteiger partial charge >= 0.3 is 18.0 Å². The summed E-state index contributed by atoms with van der Waals surface area (Å²) in [6, 6.07) is -1.50. The number of carboxylic acids is 2. The van der Waals surface area contributed by atoms with Crippen LogP contribution in [0.5, 0.6) is 0 Å². The second-order valence-electron chi connectivity index (χ2n) is 4.81. The van der Waals surface area contributed by atoms with E-state index in [1.807, 2.05) is 6.92 Å². The molecule has 2 amide bonds. The summed E-state index contributed by atoms with van der Waals surface area (Å²) in [6.45, 7) is 2.53. The van der Waals surface area contributed by atoms with Gasteiger partial charge in [0, 0.05) is 19.0 Å². The number of likely N-dealkylation sites (tertiary alicyclic amines) is 1. The predicted octanol–water partition coefficient (Wildman–Crippen LogP) is 0.888. The normalized spacial score (nSPS) is 20.7. The number of aliphatic carboxylic acids is 2. The molecule has 0 aliphatic carbocycles. The van der Waals surface area contributed by atoms with Gasteiger partial charge in [-0.25, -0.2) is 9.59 Å². The van der Waals surface area contributed by atoms with Gasteiger partial charge in [-0.15, -0.1) is 0 Å². The summed E-state index contributed by atoms with van der Waals surface area (Å²) >= 11 is 0. The monoisotopic (exact) mass is 272 g/mol. The van der Waals surface area contributed by atoms with E-state index in [0.29, 0.717) is 6.54 Å². The maximum Gasteiger partial charge on any atom is 0.326 e. The van der Waals surface area contributed by atoms with Crippen LogP contribution in [0.4, 0.5) is 4.79 Å². The van der Waals surface area contributed by atoms with Crippen molar-refractivity contribution in [3.8, 4) is 0 Å². The molecule has 19 heavy (non-hydrogen) atoms. The van der Waals surface area contributed by atoms with Gasteiger partial charge in [-0.05, 0) is 32.6 Å². The number of hydrogen-bond donors (Lipinski definition) is 3. The van der Waals surface area contributed by atoms with E-state index in [1.165, 1.54) is 0 Å². The maximum atomic E-state index is 12.0. The van der Waals surface area contributed by atoms with Crippen molar-refractivity contribution >= 4 is 18.0 Å². The van der Waals surface area contributed by atoms with Crippen molar-refractivity contribution in [2.75, 3.05) is 6.54 Å². The molecule has 1 aliphatic heterocycles. The van der Waals surface area contributed by atoms with E-state index in [-0.39, 0.29) is 18.9 Å². The number of nitrogens with zero attached hydrogens (tertiary/aromatic N) is 1. The van der Waals surface area contributed by atoms with Crippen LogP contribution in [0.3, 0.4) is 0 Å². The second kappa shape index (κ2) is 6.96. The topological polar surface area (TPSA) is 107 Å². The lowest BCUT2D eigenvalue weighted by molar-refractivity contribution is -0.140. The van der Waals surface area contributed by atoms with Crippen molar-refractivity contribution in [2.24, 2.45) is 0 Å². The molecule has 0 spiro atoms. The minimum Gasteiger partial charge on any atom is -0.481 e. The molecule has 0 aromatic rings. The van der Waals surface area contributed by atoms with Crippen molar-refractivity contribution in [2.45, 2.75) is 51.1 Å². The van der Waals surface area contributed by atoms with Gasteiger partial charge in [-0.2, -0.15) is 0 Å². The molecule has 2 atom stereocenters. The Morgan fingerprint density at radius 2 is 2.00 bits per heavy atom. The van der Waals surface area contributed by atoms with Crippen LogP contribution in [0.1, 0.15) is 39.0 Å². The molecule has 3 N–H and O–H groups in total. The standard InChI is InChI=1S/C12H20N2O5/c1-8-4-2-3-7-14(8)12(19)13-9(11(17)18)5-6-10(15)16/h8-9H,2-7H2,1H3,(H,13,19)(H,15,16)(H,17,18). The highest BCUT2D eigenvalue weighted by Gasteiger charge is 2.27.